The molecule has 0 bridgehead atoms. The second-order valence-corrected chi connectivity index (χ2v) is 6.61. The smallest absolute Gasteiger partial charge is 0.303 e. The van der Waals surface area contributed by atoms with Gasteiger partial charge in [0.25, 0.3) is 5.56 Å². The fourth-order valence-corrected chi connectivity index (χ4v) is 3.32. The van der Waals surface area contributed by atoms with Crippen LogP contribution in [0.15, 0.2) is 11.1 Å². The highest BCUT2D eigenvalue weighted by atomic mass is 16.6. The minimum atomic E-state index is -2.42. The van der Waals surface area contributed by atoms with Crippen LogP contribution in [0.3, 0.4) is 0 Å². The van der Waals surface area contributed by atoms with Gasteiger partial charge in [-0.25, -0.2) is 4.98 Å². The highest BCUT2D eigenvalue weighted by Crippen LogP contribution is 2.39. The van der Waals surface area contributed by atoms with Crippen LogP contribution in [0.5, 0.6) is 0 Å². The van der Waals surface area contributed by atoms with Crippen molar-refractivity contribution in [3.63, 3.8) is 0 Å². The van der Waals surface area contributed by atoms with E-state index in [1.807, 2.05) is 0 Å². The second-order valence-electron chi connectivity index (χ2n) is 6.61. The highest BCUT2D eigenvalue weighted by Gasteiger charge is 2.61. The number of carbonyl (C=O) groups excluding carboxylic acids is 1. The summed E-state index contributed by atoms with van der Waals surface area (Å²) in [6.07, 6.45) is -4.79. The van der Waals surface area contributed by atoms with Crippen LogP contribution in [0.1, 0.15) is 12.8 Å². The number of aromatic amines is 1. The Labute approximate surface area is 161 Å². The molecular weight excluding hydrogens is 392 g/mol. The maximum atomic E-state index is 13.2. The fraction of sp³-hybridized carbons (Fsp3) is 0.533. The van der Waals surface area contributed by atoms with E-state index in [4.69, 9.17) is 21.3 Å². The summed E-state index contributed by atoms with van der Waals surface area (Å²) < 4.78 is 6.45. The molecule has 2 aromatic heterocycles. The van der Waals surface area contributed by atoms with Gasteiger partial charge in [-0.1, -0.05) is 0 Å². The lowest BCUT2D eigenvalue weighted by atomic mass is 9.92. The summed E-state index contributed by atoms with van der Waals surface area (Å²) in [6.45, 7) is -0.750. The van der Waals surface area contributed by atoms with Crippen LogP contribution in [0.2, 0.25) is 0 Å². The van der Waals surface area contributed by atoms with Gasteiger partial charge in [-0.05, 0) is 6.42 Å². The summed E-state index contributed by atoms with van der Waals surface area (Å²) in [7, 11) is 0. The minimum absolute atomic E-state index is 0.233. The van der Waals surface area contributed by atoms with Crippen molar-refractivity contribution in [2.24, 2.45) is 5.73 Å². The lowest BCUT2D eigenvalue weighted by molar-refractivity contribution is -0.175. The lowest BCUT2D eigenvalue weighted by Gasteiger charge is -2.34. The third-order valence-corrected chi connectivity index (χ3v) is 4.76. The Balaban J connectivity index is 2.19. The van der Waals surface area contributed by atoms with Crippen LogP contribution in [-0.2, 0) is 20.1 Å². The van der Waals surface area contributed by atoms with Gasteiger partial charge in [0.15, 0.2) is 11.2 Å². The first-order valence-corrected chi connectivity index (χ1v) is 8.53. The zero-order chi connectivity index (χ0) is 21.5. The molecule has 1 aliphatic rings. The predicted molar refractivity (Wildman–Crippen MR) is 94.4 cm³/mol. The van der Waals surface area contributed by atoms with Gasteiger partial charge in [-0.3, -0.25) is 23.9 Å². The number of aliphatic carboxylic acids is 1. The average molecular weight is 412 g/mol. The first kappa shape index (κ1) is 20.8. The Kier molecular flexibility index (Phi) is 5.38. The molecule has 3 heterocycles. The third kappa shape index (κ3) is 3.26. The van der Waals surface area contributed by atoms with Crippen LogP contribution in [0, 0.1) is 0 Å². The van der Waals surface area contributed by atoms with Gasteiger partial charge in [0, 0.05) is 6.42 Å². The molecule has 0 amide bonds. The molecule has 9 N–H and O–H groups in total. The van der Waals surface area contributed by atoms with Crippen LogP contribution in [0.4, 0.5) is 5.95 Å². The average Bonchev–Trinajstić information content (AvgIpc) is 3.20. The molecule has 0 spiro atoms. The molecule has 0 radical (unpaired) electrons. The molecule has 1 fully saturated rings. The maximum Gasteiger partial charge on any atom is 0.303 e. The summed E-state index contributed by atoms with van der Waals surface area (Å²) in [4.78, 5) is 46.1. The first-order chi connectivity index (χ1) is 13.6. The number of hydrogen-bond donors (Lipinski definition) is 7. The van der Waals surface area contributed by atoms with E-state index in [0.29, 0.717) is 0 Å². The minimum Gasteiger partial charge on any atom is -0.481 e. The van der Waals surface area contributed by atoms with Gasteiger partial charge in [0.2, 0.25) is 17.5 Å². The quantitative estimate of drug-likeness (QED) is 0.232. The van der Waals surface area contributed by atoms with Crippen LogP contribution >= 0.6 is 0 Å². The number of H-pyrrole nitrogens is 1. The Bertz CT molecular complexity index is 1000. The number of aliphatic hydroxyl groups is 3. The van der Waals surface area contributed by atoms with Crippen molar-refractivity contribution in [3.8, 4) is 0 Å². The van der Waals surface area contributed by atoms with E-state index in [0.717, 1.165) is 10.9 Å². The number of anilines is 1. The Hall–Kier alpha value is -2.91. The predicted octanol–water partition coefficient (Wildman–Crippen LogP) is -3.77. The van der Waals surface area contributed by atoms with Gasteiger partial charge >= 0.3 is 5.97 Å². The van der Waals surface area contributed by atoms with Crippen LogP contribution in [-0.4, -0.2) is 82.7 Å². The van der Waals surface area contributed by atoms with Gasteiger partial charge < -0.3 is 36.6 Å². The van der Waals surface area contributed by atoms with E-state index in [-0.39, 0.29) is 23.5 Å². The topological polar surface area (TPSA) is 240 Å². The maximum absolute atomic E-state index is 13.2. The number of imidazole rings is 1. The number of aromatic nitrogens is 4. The van der Waals surface area contributed by atoms with E-state index >= 15 is 0 Å². The summed E-state index contributed by atoms with van der Waals surface area (Å²) in [5, 5.41) is 39.2. The number of hydrogen-bond acceptors (Lipinski definition) is 11. The van der Waals surface area contributed by atoms with Gasteiger partial charge in [-0.15, -0.1) is 0 Å². The number of nitrogens with one attached hydrogen (secondary N) is 1. The highest BCUT2D eigenvalue weighted by molar-refractivity contribution is 5.92. The van der Waals surface area contributed by atoms with Crippen molar-refractivity contribution in [1.82, 2.24) is 19.5 Å². The molecular formula is C15H20N6O8. The number of nitrogens with zero attached hydrogens (tertiary/aromatic N) is 3. The molecule has 0 saturated carbocycles. The molecule has 29 heavy (non-hydrogen) atoms. The number of aliphatic hydroxyl groups excluding tert-OH is 3. The molecule has 1 saturated heterocycles. The van der Waals surface area contributed by atoms with Gasteiger partial charge in [0.05, 0.1) is 12.6 Å². The molecule has 0 aromatic carbocycles. The lowest BCUT2D eigenvalue weighted by Crippen LogP contribution is -2.57. The van der Waals surface area contributed by atoms with Crippen LogP contribution < -0.4 is 17.0 Å². The molecule has 158 valence electrons. The Morgan fingerprint density at radius 1 is 1.41 bits per heavy atom. The van der Waals surface area contributed by atoms with Crippen molar-refractivity contribution in [1.29, 1.82) is 0 Å². The van der Waals surface area contributed by atoms with E-state index < -0.39 is 60.4 Å². The zero-order valence-corrected chi connectivity index (χ0v) is 14.9. The summed E-state index contributed by atoms with van der Waals surface area (Å²) in [5.41, 5.74) is 7.77. The SMILES string of the molecule is Nc1nc2c(ncn2[C@]2(C(=O)[C@@H](N)CCC(=O)O)O[C@H](CO)[C@@H](O)[C@H]2O)c(=O)[nH]1. The number of Topliss-reactive ketones (excluding diaryl/α,β-unsaturated/α-hetero) is 1. The Morgan fingerprint density at radius 2 is 2.10 bits per heavy atom. The van der Waals surface area contributed by atoms with E-state index in [1.54, 1.807) is 0 Å². The zero-order valence-electron chi connectivity index (χ0n) is 14.9. The number of carboxylic acid groups (broad SMARTS) is 1. The number of carboxylic acids is 1. The van der Waals surface area contributed by atoms with Gasteiger partial charge in [-0.2, -0.15) is 4.98 Å². The normalized spacial score (nSPS) is 27.9. The number of ether oxygens (including phenoxy) is 1. The number of ketones is 1. The van der Waals surface area contributed by atoms with E-state index in [1.165, 1.54) is 0 Å². The molecule has 5 atom stereocenters. The van der Waals surface area contributed by atoms with Crippen molar-refractivity contribution in [2.45, 2.75) is 42.9 Å². The summed E-state index contributed by atoms with van der Waals surface area (Å²) in [5.74, 6) is -2.51. The molecule has 2 aromatic rings. The molecule has 14 heteroatoms. The molecule has 0 aliphatic carbocycles. The summed E-state index contributed by atoms with van der Waals surface area (Å²) in [6, 6.07) is -1.43. The summed E-state index contributed by atoms with van der Waals surface area (Å²) >= 11 is 0. The number of fused-ring (bicyclic) bond motifs is 1. The molecule has 0 unspecified atom stereocenters. The number of rotatable bonds is 7. The molecule has 3 rings (SSSR count). The van der Waals surface area contributed by atoms with E-state index in [9.17, 15) is 29.7 Å². The van der Waals surface area contributed by atoms with Crippen molar-refractivity contribution in [2.75, 3.05) is 12.3 Å². The van der Waals surface area contributed by atoms with E-state index in [2.05, 4.69) is 15.0 Å². The van der Waals surface area contributed by atoms with Crippen molar-refractivity contribution in [3.05, 3.63) is 16.7 Å². The largest absolute Gasteiger partial charge is 0.481 e. The number of nitrogen functional groups attached to an aromatic ring is 1. The number of nitrogens with two attached hydrogens (primary N) is 2. The molecule has 1 aliphatic heterocycles. The third-order valence-electron chi connectivity index (χ3n) is 4.76. The standard InChI is InChI=1S/C15H20N6O8/c16-5(1-2-7(23)24)10(26)15(11(27)9(25)6(3-22)29-15)21-4-18-8-12(21)19-14(17)20-13(8)28/h4-6,9,11,22,25,27H,1-3,16H2,(H,23,24)(H3,17,19,20,28)/t5-,6+,9+,11+,15+/m0/s1. The number of carbonyl (C=O) groups is 2. The molecule has 14 nitrogen and oxygen atoms in total. The Morgan fingerprint density at radius 3 is 2.69 bits per heavy atom. The first-order valence-electron chi connectivity index (χ1n) is 8.53. The van der Waals surface area contributed by atoms with Crippen molar-refractivity contribution < 1.29 is 34.8 Å². The fourth-order valence-electron chi connectivity index (χ4n) is 3.32. The van der Waals surface area contributed by atoms with Crippen LogP contribution in [0.25, 0.3) is 11.2 Å². The van der Waals surface area contributed by atoms with Gasteiger partial charge in [0.1, 0.15) is 24.6 Å². The second kappa shape index (κ2) is 7.49. The van der Waals surface area contributed by atoms with Crippen molar-refractivity contribution >= 4 is 28.9 Å². The monoisotopic (exact) mass is 412 g/mol.